The van der Waals surface area contributed by atoms with E-state index >= 15 is 0 Å². The van der Waals surface area contributed by atoms with Crippen molar-refractivity contribution in [2.45, 2.75) is 25.4 Å². The molecule has 3 rings (SSSR count). The van der Waals surface area contributed by atoms with Crippen LogP contribution in [0.15, 0.2) is 42.6 Å². The fourth-order valence-electron chi connectivity index (χ4n) is 2.49. The van der Waals surface area contributed by atoms with E-state index in [9.17, 15) is 0 Å². The monoisotopic (exact) mass is 256 g/mol. The van der Waals surface area contributed by atoms with Crippen molar-refractivity contribution in [2.75, 3.05) is 13.1 Å². The lowest BCUT2D eigenvalue weighted by Gasteiger charge is -2.10. The van der Waals surface area contributed by atoms with Crippen LogP contribution in [0.3, 0.4) is 0 Å². The summed E-state index contributed by atoms with van der Waals surface area (Å²) in [6, 6.07) is 12.9. The number of benzene rings is 1. The molecule has 1 aromatic heterocycles. The van der Waals surface area contributed by atoms with Gasteiger partial charge >= 0.3 is 0 Å². The van der Waals surface area contributed by atoms with Crippen LogP contribution in [0, 0.1) is 0 Å². The largest absolute Gasteiger partial charge is 0.313 e. The Morgan fingerprint density at radius 1 is 1.26 bits per heavy atom. The number of nitrogens with zero attached hydrogens (tertiary/aromatic N) is 2. The van der Waals surface area contributed by atoms with Crippen LogP contribution in [0.1, 0.15) is 18.5 Å². The van der Waals surface area contributed by atoms with Gasteiger partial charge in [0.1, 0.15) is 0 Å². The Balaban J connectivity index is 1.53. The molecule has 0 amide bonds. The lowest BCUT2D eigenvalue weighted by molar-refractivity contribution is 0.531. The van der Waals surface area contributed by atoms with Gasteiger partial charge in [0.2, 0.25) is 0 Å². The topological polar surface area (TPSA) is 41.9 Å². The molecule has 1 aliphatic heterocycles. The molecule has 1 unspecified atom stereocenters. The number of rotatable bonds is 5. The summed E-state index contributed by atoms with van der Waals surface area (Å²) in [6.45, 7) is 3.02. The van der Waals surface area contributed by atoms with E-state index < -0.39 is 0 Å². The number of hydrogen-bond donors (Lipinski definition) is 2. The summed E-state index contributed by atoms with van der Waals surface area (Å²) in [5, 5.41) is 11.5. The summed E-state index contributed by atoms with van der Waals surface area (Å²) in [6.07, 6.45) is 4.60. The number of aromatic nitrogens is 2. The molecule has 2 aromatic rings. The van der Waals surface area contributed by atoms with Crippen LogP contribution >= 0.6 is 0 Å². The average Bonchev–Trinajstić information content (AvgIpc) is 3.11. The molecule has 0 saturated carbocycles. The molecule has 2 heterocycles. The van der Waals surface area contributed by atoms with Crippen LogP contribution in [-0.4, -0.2) is 28.9 Å². The normalized spacial score (nSPS) is 18.8. The molecule has 2 N–H and O–H groups in total. The quantitative estimate of drug-likeness (QED) is 0.856. The third-order valence-corrected chi connectivity index (χ3v) is 3.52. The molecule has 4 nitrogen and oxygen atoms in total. The lowest BCUT2D eigenvalue weighted by atomic mass is 10.2. The standard InChI is InChI=1S/C15H20N4/c1-2-6-15(7-3-1)19-10-8-14(18-19)12-16-11-13-5-4-9-17-13/h1-3,6-8,10,13,16-17H,4-5,9,11-12H2. The molecule has 19 heavy (non-hydrogen) atoms. The summed E-state index contributed by atoms with van der Waals surface area (Å²) < 4.78 is 1.92. The molecule has 1 fully saturated rings. The number of para-hydroxylation sites is 1. The highest BCUT2D eigenvalue weighted by molar-refractivity contribution is 5.30. The highest BCUT2D eigenvalue weighted by Crippen LogP contribution is 2.07. The molecule has 100 valence electrons. The third kappa shape index (κ3) is 3.22. The minimum absolute atomic E-state index is 0.635. The number of hydrogen-bond acceptors (Lipinski definition) is 3. The third-order valence-electron chi connectivity index (χ3n) is 3.52. The van der Waals surface area contributed by atoms with E-state index in [0.29, 0.717) is 6.04 Å². The van der Waals surface area contributed by atoms with Gasteiger partial charge < -0.3 is 10.6 Å². The number of nitrogens with one attached hydrogen (secondary N) is 2. The van der Waals surface area contributed by atoms with Gasteiger partial charge in [-0.05, 0) is 37.6 Å². The molecule has 0 bridgehead atoms. The van der Waals surface area contributed by atoms with E-state index in [0.717, 1.165) is 31.0 Å². The first-order chi connectivity index (χ1) is 9.42. The Labute approximate surface area is 113 Å². The Kier molecular flexibility index (Phi) is 3.91. The van der Waals surface area contributed by atoms with Crippen molar-refractivity contribution in [2.24, 2.45) is 0 Å². The van der Waals surface area contributed by atoms with Gasteiger partial charge in [-0.1, -0.05) is 18.2 Å². The Morgan fingerprint density at radius 3 is 2.95 bits per heavy atom. The first-order valence-corrected chi connectivity index (χ1v) is 6.96. The lowest BCUT2D eigenvalue weighted by Crippen LogP contribution is -2.33. The van der Waals surface area contributed by atoms with Gasteiger partial charge in [-0.25, -0.2) is 4.68 Å². The van der Waals surface area contributed by atoms with Crippen molar-refractivity contribution in [3.63, 3.8) is 0 Å². The minimum atomic E-state index is 0.635. The fourth-order valence-corrected chi connectivity index (χ4v) is 2.49. The Bertz CT molecular complexity index is 500. The molecular weight excluding hydrogens is 236 g/mol. The van der Waals surface area contributed by atoms with Crippen LogP contribution in [0.5, 0.6) is 0 Å². The zero-order valence-corrected chi connectivity index (χ0v) is 11.0. The van der Waals surface area contributed by atoms with Gasteiger partial charge in [-0.3, -0.25) is 0 Å². The van der Waals surface area contributed by atoms with Gasteiger partial charge in [0.05, 0.1) is 11.4 Å². The second-order valence-electron chi connectivity index (χ2n) is 5.01. The average molecular weight is 256 g/mol. The first-order valence-electron chi connectivity index (χ1n) is 6.96. The van der Waals surface area contributed by atoms with Crippen LogP contribution in [0.25, 0.3) is 5.69 Å². The molecular formula is C15H20N4. The molecule has 4 heteroatoms. The SMILES string of the molecule is c1ccc(-n2ccc(CNCC3CCCN3)n2)cc1. The zero-order valence-electron chi connectivity index (χ0n) is 11.0. The van der Waals surface area contributed by atoms with Gasteiger partial charge in [0.25, 0.3) is 0 Å². The predicted molar refractivity (Wildman–Crippen MR) is 76.3 cm³/mol. The smallest absolute Gasteiger partial charge is 0.0766 e. The summed E-state index contributed by atoms with van der Waals surface area (Å²) in [7, 11) is 0. The van der Waals surface area contributed by atoms with Crippen LogP contribution in [0.4, 0.5) is 0 Å². The van der Waals surface area contributed by atoms with Gasteiger partial charge in [0, 0.05) is 25.3 Å². The summed E-state index contributed by atoms with van der Waals surface area (Å²) in [5.41, 5.74) is 2.19. The van der Waals surface area contributed by atoms with E-state index in [4.69, 9.17) is 0 Å². The summed E-state index contributed by atoms with van der Waals surface area (Å²) in [5.74, 6) is 0. The highest BCUT2D eigenvalue weighted by Gasteiger charge is 2.12. The van der Waals surface area contributed by atoms with E-state index in [-0.39, 0.29) is 0 Å². The summed E-state index contributed by atoms with van der Waals surface area (Å²) >= 11 is 0. The van der Waals surface area contributed by atoms with E-state index in [1.807, 2.05) is 29.1 Å². The Hall–Kier alpha value is -1.65. The second kappa shape index (κ2) is 5.99. The molecule has 1 saturated heterocycles. The fraction of sp³-hybridized carbons (Fsp3) is 0.400. The van der Waals surface area contributed by atoms with Crippen LogP contribution in [0.2, 0.25) is 0 Å². The molecule has 1 atom stereocenters. The van der Waals surface area contributed by atoms with Crippen LogP contribution < -0.4 is 10.6 Å². The van der Waals surface area contributed by atoms with Crippen LogP contribution in [-0.2, 0) is 6.54 Å². The summed E-state index contributed by atoms with van der Waals surface area (Å²) in [4.78, 5) is 0. The predicted octanol–water partition coefficient (Wildman–Crippen LogP) is 1.71. The van der Waals surface area contributed by atoms with Gasteiger partial charge in [0.15, 0.2) is 0 Å². The van der Waals surface area contributed by atoms with Gasteiger partial charge in [-0.2, -0.15) is 5.10 Å². The van der Waals surface area contributed by atoms with E-state index in [1.165, 1.54) is 12.8 Å². The molecule has 0 aliphatic carbocycles. The molecule has 0 spiro atoms. The van der Waals surface area contributed by atoms with Crippen molar-refractivity contribution in [1.82, 2.24) is 20.4 Å². The maximum Gasteiger partial charge on any atom is 0.0766 e. The maximum absolute atomic E-state index is 4.58. The van der Waals surface area contributed by atoms with Crippen molar-refractivity contribution in [1.29, 1.82) is 0 Å². The van der Waals surface area contributed by atoms with E-state index in [1.54, 1.807) is 0 Å². The first kappa shape index (κ1) is 12.4. The second-order valence-corrected chi connectivity index (χ2v) is 5.01. The Morgan fingerprint density at radius 2 is 2.16 bits per heavy atom. The molecule has 1 aliphatic rings. The van der Waals surface area contributed by atoms with Gasteiger partial charge in [-0.15, -0.1) is 0 Å². The van der Waals surface area contributed by atoms with Crippen molar-refractivity contribution >= 4 is 0 Å². The zero-order chi connectivity index (χ0) is 12.9. The van der Waals surface area contributed by atoms with Crippen molar-refractivity contribution in [3.8, 4) is 5.69 Å². The van der Waals surface area contributed by atoms with E-state index in [2.05, 4.69) is 33.9 Å². The maximum atomic E-state index is 4.58. The molecule has 1 aromatic carbocycles. The van der Waals surface area contributed by atoms with Crippen molar-refractivity contribution < 1.29 is 0 Å². The highest BCUT2D eigenvalue weighted by atomic mass is 15.3. The van der Waals surface area contributed by atoms with Crippen molar-refractivity contribution in [3.05, 3.63) is 48.3 Å². The molecule has 0 radical (unpaired) electrons. The minimum Gasteiger partial charge on any atom is -0.313 e.